The first-order valence-electron chi connectivity index (χ1n) is 5.77. The Morgan fingerprint density at radius 2 is 2.06 bits per heavy atom. The van der Waals surface area contributed by atoms with Crippen molar-refractivity contribution in [3.8, 4) is 0 Å². The zero-order valence-electron chi connectivity index (χ0n) is 10.2. The van der Waals surface area contributed by atoms with E-state index in [1.165, 1.54) is 13.0 Å². The normalized spacial score (nSPS) is 14.1. The Hall–Kier alpha value is -1.19. The van der Waals surface area contributed by atoms with E-state index in [0.29, 0.717) is 6.42 Å². The molecule has 0 spiro atoms. The zero-order valence-corrected chi connectivity index (χ0v) is 10.2. The number of Topliss-reactive ketones (excluding diaryl/α,β-unsaturated/α-hetero) is 1. The summed E-state index contributed by atoms with van der Waals surface area (Å²) in [5, 5.41) is 10.9. The van der Waals surface area contributed by atoms with Gasteiger partial charge in [-0.3, -0.25) is 14.9 Å². The lowest BCUT2D eigenvalue weighted by Crippen LogP contribution is -2.42. The maximum Gasteiger partial charge on any atom is 0.279 e. The Labute approximate surface area is 96.9 Å². The quantitative estimate of drug-likeness (QED) is 0.263. The van der Waals surface area contributed by atoms with Crippen molar-refractivity contribution >= 4 is 5.78 Å². The average molecular weight is 227 g/mol. The van der Waals surface area contributed by atoms with Crippen LogP contribution in [-0.2, 0) is 4.79 Å². The molecule has 0 aliphatic rings. The van der Waals surface area contributed by atoms with Gasteiger partial charge in [0.15, 0.2) is 0 Å². The summed E-state index contributed by atoms with van der Waals surface area (Å²) < 4.78 is 0. The lowest BCUT2D eigenvalue weighted by atomic mass is 9.90. The molecule has 0 fully saturated rings. The average Bonchev–Trinajstić information content (AvgIpc) is 2.24. The standard InChI is InChI=1S/C12H21NO3/c1-4-6-7-8-9-11(14)12(3,10-5-2)13(15)16/h5H,2,4,6-10H2,1,3H3. The summed E-state index contributed by atoms with van der Waals surface area (Å²) in [6.07, 6.45) is 5.71. The van der Waals surface area contributed by atoms with E-state index >= 15 is 0 Å². The summed E-state index contributed by atoms with van der Waals surface area (Å²) in [7, 11) is 0. The number of nitro groups is 1. The van der Waals surface area contributed by atoms with Crippen molar-refractivity contribution in [2.24, 2.45) is 0 Å². The van der Waals surface area contributed by atoms with Gasteiger partial charge in [-0.1, -0.05) is 32.3 Å². The minimum absolute atomic E-state index is 0.104. The van der Waals surface area contributed by atoms with E-state index in [9.17, 15) is 14.9 Å². The molecule has 4 heteroatoms. The van der Waals surface area contributed by atoms with E-state index in [1.54, 1.807) is 0 Å². The molecule has 0 aromatic carbocycles. The molecule has 1 atom stereocenters. The number of unbranched alkanes of at least 4 members (excludes halogenated alkanes) is 3. The van der Waals surface area contributed by atoms with Crippen molar-refractivity contribution in [1.29, 1.82) is 0 Å². The van der Waals surface area contributed by atoms with Crippen molar-refractivity contribution in [3.63, 3.8) is 0 Å². The number of hydrogen-bond donors (Lipinski definition) is 0. The summed E-state index contributed by atoms with van der Waals surface area (Å²) in [5.41, 5.74) is -1.48. The molecule has 0 saturated heterocycles. The monoisotopic (exact) mass is 227 g/mol. The summed E-state index contributed by atoms with van der Waals surface area (Å²) in [6, 6.07) is 0. The van der Waals surface area contributed by atoms with Crippen LogP contribution >= 0.6 is 0 Å². The summed E-state index contributed by atoms with van der Waals surface area (Å²) in [5.74, 6) is -0.284. The SMILES string of the molecule is C=CCC(C)(C(=O)CCCCCC)[N+](=O)[O-]. The first-order valence-corrected chi connectivity index (χ1v) is 5.77. The van der Waals surface area contributed by atoms with E-state index in [4.69, 9.17) is 0 Å². The lowest BCUT2D eigenvalue weighted by molar-refractivity contribution is -0.546. The number of carbonyl (C=O) groups is 1. The molecule has 0 heterocycles. The van der Waals surface area contributed by atoms with Gasteiger partial charge in [0.25, 0.3) is 5.54 Å². The van der Waals surface area contributed by atoms with E-state index in [0.717, 1.165) is 25.7 Å². The molecule has 0 N–H and O–H groups in total. The highest BCUT2D eigenvalue weighted by molar-refractivity contribution is 5.86. The van der Waals surface area contributed by atoms with Crippen LogP contribution in [0.4, 0.5) is 0 Å². The third-order valence-corrected chi connectivity index (χ3v) is 2.80. The smallest absolute Gasteiger partial charge is 0.279 e. The number of ketones is 1. The second-order valence-electron chi connectivity index (χ2n) is 4.26. The molecule has 0 bridgehead atoms. The van der Waals surface area contributed by atoms with Crippen LogP contribution in [0.5, 0.6) is 0 Å². The number of carbonyl (C=O) groups excluding carboxylic acids is 1. The number of hydrogen-bond acceptors (Lipinski definition) is 3. The summed E-state index contributed by atoms with van der Waals surface area (Å²) in [6.45, 7) is 6.93. The van der Waals surface area contributed by atoms with Gasteiger partial charge in [-0.2, -0.15) is 0 Å². The van der Waals surface area contributed by atoms with Crippen molar-refractivity contribution in [2.75, 3.05) is 0 Å². The Bertz CT molecular complexity index is 263. The zero-order chi connectivity index (χ0) is 12.6. The molecule has 0 aromatic rings. The molecular formula is C12H21NO3. The fourth-order valence-corrected chi connectivity index (χ4v) is 1.55. The Kier molecular flexibility index (Phi) is 6.61. The predicted octanol–water partition coefficient (Wildman–Crippen LogP) is 3.14. The number of nitrogens with zero attached hydrogens (tertiary/aromatic N) is 1. The lowest BCUT2D eigenvalue weighted by Gasteiger charge is -2.17. The molecule has 0 radical (unpaired) electrons. The Morgan fingerprint density at radius 1 is 1.44 bits per heavy atom. The molecule has 92 valence electrons. The minimum atomic E-state index is -1.48. The highest BCUT2D eigenvalue weighted by Crippen LogP contribution is 2.20. The van der Waals surface area contributed by atoms with Crippen LogP contribution in [0.2, 0.25) is 0 Å². The van der Waals surface area contributed by atoms with Crippen LogP contribution in [0.3, 0.4) is 0 Å². The van der Waals surface area contributed by atoms with E-state index in [-0.39, 0.29) is 12.2 Å². The first-order chi connectivity index (χ1) is 7.49. The van der Waals surface area contributed by atoms with Gasteiger partial charge < -0.3 is 0 Å². The van der Waals surface area contributed by atoms with Crippen LogP contribution in [0, 0.1) is 10.1 Å². The molecule has 0 aliphatic carbocycles. The fraction of sp³-hybridized carbons (Fsp3) is 0.750. The fourth-order valence-electron chi connectivity index (χ4n) is 1.55. The van der Waals surface area contributed by atoms with Crippen LogP contribution in [-0.4, -0.2) is 16.2 Å². The highest BCUT2D eigenvalue weighted by atomic mass is 16.6. The largest absolute Gasteiger partial charge is 0.292 e. The summed E-state index contributed by atoms with van der Waals surface area (Å²) >= 11 is 0. The summed E-state index contributed by atoms with van der Waals surface area (Å²) in [4.78, 5) is 22.2. The molecule has 0 saturated carbocycles. The van der Waals surface area contributed by atoms with Crippen molar-refractivity contribution in [3.05, 3.63) is 22.8 Å². The van der Waals surface area contributed by atoms with E-state index in [2.05, 4.69) is 13.5 Å². The van der Waals surface area contributed by atoms with Gasteiger partial charge in [-0.15, -0.1) is 6.58 Å². The van der Waals surface area contributed by atoms with E-state index < -0.39 is 10.5 Å². The van der Waals surface area contributed by atoms with Crippen molar-refractivity contribution in [2.45, 2.75) is 57.9 Å². The van der Waals surface area contributed by atoms with Crippen LogP contribution < -0.4 is 0 Å². The first kappa shape index (κ1) is 14.8. The van der Waals surface area contributed by atoms with E-state index in [1.807, 2.05) is 0 Å². The Balaban J connectivity index is 4.29. The third kappa shape index (κ3) is 4.13. The maximum absolute atomic E-state index is 11.8. The number of rotatable bonds is 9. The minimum Gasteiger partial charge on any atom is -0.292 e. The van der Waals surface area contributed by atoms with Gasteiger partial charge in [0.1, 0.15) is 0 Å². The van der Waals surface area contributed by atoms with Gasteiger partial charge in [-0.05, 0) is 6.42 Å². The van der Waals surface area contributed by atoms with Gasteiger partial charge in [0.05, 0.1) is 0 Å². The molecule has 0 aromatic heterocycles. The molecule has 1 unspecified atom stereocenters. The Morgan fingerprint density at radius 3 is 2.50 bits per heavy atom. The highest BCUT2D eigenvalue weighted by Gasteiger charge is 2.43. The second-order valence-corrected chi connectivity index (χ2v) is 4.26. The molecule has 16 heavy (non-hydrogen) atoms. The van der Waals surface area contributed by atoms with Gasteiger partial charge in [0, 0.05) is 24.7 Å². The maximum atomic E-state index is 11.8. The van der Waals surface area contributed by atoms with Crippen LogP contribution in [0.25, 0.3) is 0 Å². The third-order valence-electron chi connectivity index (χ3n) is 2.80. The van der Waals surface area contributed by atoms with Gasteiger partial charge >= 0.3 is 0 Å². The van der Waals surface area contributed by atoms with Crippen molar-refractivity contribution < 1.29 is 9.72 Å². The van der Waals surface area contributed by atoms with Gasteiger partial charge in [0.2, 0.25) is 5.78 Å². The molecular weight excluding hydrogens is 206 g/mol. The molecule has 0 aliphatic heterocycles. The van der Waals surface area contributed by atoms with Crippen LogP contribution in [0.1, 0.15) is 52.4 Å². The molecule has 4 nitrogen and oxygen atoms in total. The molecule has 0 amide bonds. The van der Waals surface area contributed by atoms with Crippen LogP contribution in [0.15, 0.2) is 12.7 Å². The second kappa shape index (κ2) is 7.14. The van der Waals surface area contributed by atoms with Crippen molar-refractivity contribution in [1.82, 2.24) is 0 Å². The predicted molar refractivity (Wildman–Crippen MR) is 64.0 cm³/mol. The topological polar surface area (TPSA) is 60.2 Å². The molecule has 0 rings (SSSR count). The van der Waals surface area contributed by atoms with Gasteiger partial charge in [-0.25, -0.2) is 0 Å².